The molecular formula is C12H26N6O4Si. The standard InChI is InChI=1S/C12H26N6O4Si/c1-4-20-23(21-5-2,22-6-3)9-7-8-15-12(19)18-11(14)16-10(13)17-18/h4-9H2,1-3H3,(H,15,19)(H4,13,14,16,17). The molecule has 1 amide bonds. The van der Waals surface area contributed by atoms with Crippen LogP contribution in [0.15, 0.2) is 0 Å². The summed E-state index contributed by atoms with van der Waals surface area (Å²) in [5, 5.41) is 6.40. The van der Waals surface area contributed by atoms with E-state index in [0.29, 0.717) is 38.8 Å². The molecule has 1 aromatic heterocycles. The number of hydrogen-bond acceptors (Lipinski definition) is 8. The number of aromatic nitrogens is 3. The van der Waals surface area contributed by atoms with Crippen molar-refractivity contribution in [2.75, 3.05) is 37.8 Å². The lowest BCUT2D eigenvalue weighted by atomic mass is 10.5. The lowest BCUT2D eigenvalue weighted by Crippen LogP contribution is -2.46. The molecule has 11 heteroatoms. The van der Waals surface area contributed by atoms with Gasteiger partial charge in [-0.05, 0) is 27.2 Å². The fourth-order valence-electron chi connectivity index (χ4n) is 2.07. The summed E-state index contributed by atoms with van der Waals surface area (Å²) in [6.45, 7) is 7.67. The van der Waals surface area contributed by atoms with Crippen LogP contribution in [-0.4, -0.2) is 56.0 Å². The summed E-state index contributed by atoms with van der Waals surface area (Å²) in [5.74, 6) is -0.102. The van der Waals surface area contributed by atoms with Crippen LogP contribution in [-0.2, 0) is 13.3 Å². The summed E-state index contributed by atoms with van der Waals surface area (Å²) in [7, 11) is -2.68. The van der Waals surface area contributed by atoms with E-state index in [4.69, 9.17) is 24.7 Å². The molecule has 0 unspecified atom stereocenters. The van der Waals surface area contributed by atoms with E-state index in [9.17, 15) is 4.79 Å². The molecule has 0 aromatic carbocycles. The second-order valence-corrected chi connectivity index (χ2v) is 7.29. The van der Waals surface area contributed by atoms with Gasteiger partial charge < -0.3 is 30.1 Å². The first-order valence-electron chi connectivity index (χ1n) is 7.66. The fourth-order valence-corrected chi connectivity index (χ4v) is 4.68. The van der Waals surface area contributed by atoms with Crippen molar-refractivity contribution in [2.45, 2.75) is 33.2 Å². The number of hydrogen-bond donors (Lipinski definition) is 3. The molecule has 5 N–H and O–H groups in total. The van der Waals surface area contributed by atoms with Crippen LogP contribution in [0.4, 0.5) is 16.7 Å². The smallest absolute Gasteiger partial charge is 0.374 e. The minimum atomic E-state index is -2.68. The van der Waals surface area contributed by atoms with Crippen LogP contribution < -0.4 is 16.8 Å². The maximum absolute atomic E-state index is 11.9. The van der Waals surface area contributed by atoms with Gasteiger partial charge in [0, 0.05) is 32.4 Å². The summed E-state index contributed by atoms with van der Waals surface area (Å²) in [6, 6.07) is 0.126. The lowest BCUT2D eigenvalue weighted by Gasteiger charge is -2.28. The van der Waals surface area contributed by atoms with E-state index in [1.165, 1.54) is 0 Å². The van der Waals surface area contributed by atoms with E-state index < -0.39 is 14.8 Å². The average molecular weight is 346 g/mol. The van der Waals surface area contributed by atoms with Crippen LogP contribution in [0.2, 0.25) is 6.04 Å². The summed E-state index contributed by atoms with van der Waals surface area (Å²) in [4.78, 5) is 15.6. The van der Waals surface area contributed by atoms with Crippen molar-refractivity contribution in [3.8, 4) is 0 Å². The van der Waals surface area contributed by atoms with E-state index in [-0.39, 0.29) is 11.9 Å². The molecule has 0 radical (unpaired) electrons. The van der Waals surface area contributed by atoms with Crippen LogP contribution in [0.25, 0.3) is 0 Å². The summed E-state index contributed by atoms with van der Waals surface area (Å²) in [6.07, 6.45) is 0.641. The predicted molar refractivity (Wildman–Crippen MR) is 87.7 cm³/mol. The minimum Gasteiger partial charge on any atom is -0.374 e. The number of carbonyl (C=O) groups is 1. The highest BCUT2D eigenvalue weighted by Crippen LogP contribution is 2.17. The van der Waals surface area contributed by atoms with E-state index >= 15 is 0 Å². The zero-order valence-corrected chi connectivity index (χ0v) is 14.9. The lowest BCUT2D eigenvalue weighted by molar-refractivity contribution is 0.0708. The fraction of sp³-hybridized carbons (Fsp3) is 0.750. The Morgan fingerprint density at radius 3 is 2.17 bits per heavy atom. The molecular weight excluding hydrogens is 320 g/mol. The number of nitrogens with zero attached hydrogens (tertiary/aromatic N) is 3. The zero-order chi connectivity index (χ0) is 17.3. The second-order valence-electron chi connectivity index (χ2n) is 4.56. The molecule has 132 valence electrons. The molecule has 1 rings (SSSR count). The van der Waals surface area contributed by atoms with Crippen molar-refractivity contribution in [3.63, 3.8) is 0 Å². The number of rotatable bonds is 10. The van der Waals surface area contributed by atoms with Gasteiger partial charge in [0.05, 0.1) is 0 Å². The van der Waals surface area contributed by atoms with Crippen molar-refractivity contribution in [3.05, 3.63) is 0 Å². The van der Waals surface area contributed by atoms with Crippen molar-refractivity contribution < 1.29 is 18.1 Å². The molecule has 23 heavy (non-hydrogen) atoms. The Bertz CT molecular complexity index is 481. The number of anilines is 2. The predicted octanol–water partition coefficient (Wildman–Crippen LogP) is 0.439. The highest BCUT2D eigenvalue weighted by atomic mass is 28.4. The molecule has 1 aromatic rings. The quantitative estimate of drug-likeness (QED) is 0.409. The van der Waals surface area contributed by atoms with Crippen LogP contribution in [0.1, 0.15) is 27.2 Å². The molecule has 0 atom stereocenters. The van der Waals surface area contributed by atoms with Crippen molar-refractivity contribution >= 4 is 26.7 Å². The van der Waals surface area contributed by atoms with Crippen LogP contribution in [0.3, 0.4) is 0 Å². The molecule has 0 fully saturated rings. The normalized spacial score (nSPS) is 11.6. The van der Waals surface area contributed by atoms with E-state index in [2.05, 4.69) is 15.4 Å². The van der Waals surface area contributed by atoms with Crippen LogP contribution in [0, 0.1) is 0 Å². The molecule has 0 saturated carbocycles. The summed E-state index contributed by atoms with van der Waals surface area (Å²) in [5.41, 5.74) is 10.9. The van der Waals surface area contributed by atoms with E-state index in [0.717, 1.165) is 4.68 Å². The Morgan fingerprint density at radius 1 is 1.17 bits per heavy atom. The molecule has 0 aliphatic carbocycles. The number of nitrogens with two attached hydrogens (primary N) is 2. The van der Waals surface area contributed by atoms with Gasteiger partial charge in [-0.2, -0.15) is 4.98 Å². The van der Waals surface area contributed by atoms with Crippen LogP contribution >= 0.6 is 0 Å². The largest absolute Gasteiger partial charge is 0.500 e. The van der Waals surface area contributed by atoms with Gasteiger partial charge in [-0.1, -0.05) is 0 Å². The Labute approximate surface area is 136 Å². The van der Waals surface area contributed by atoms with Gasteiger partial charge in [-0.3, -0.25) is 0 Å². The number of nitrogen functional groups attached to an aromatic ring is 2. The maximum Gasteiger partial charge on any atom is 0.500 e. The molecule has 10 nitrogen and oxygen atoms in total. The third-order valence-electron chi connectivity index (χ3n) is 2.87. The first kappa shape index (κ1) is 19.4. The summed E-state index contributed by atoms with van der Waals surface area (Å²) >= 11 is 0. The van der Waals surface area contributed by atoms with E-state index in [1.54, 1.807) is 0 Å². The SMILES string of the molecule is CCO[Si](CCCNC(=O)n1nc(N)nc1N)(OCC)OCC. The molecule has 0 spiro atoms. The first-order valence-corrected chi connectivity index (χ1v) is 9.59. The maximum atomic E-state index is 11.9. The van der Waals surface area contributed by atoms with Gasteiger partial charge in [-0.15, -0.1) is 9.78 Å². The second kappa shape index (κ2) is 9.45. The van der Waals surface area contributed by atoms with Gasteiger partial charge in [0.15, 0.2) is 0 Å². The Morgan fingerprint density at radius 2 is 1.74 bits per heavy atom. The average Bonchev–Trinajstić information content (AvgIpc) is 2.83. The number of carbonyl (C=O) groups excluding carboxylic acids is 1. The van der Waals surface area contributed by atoms with Crippen LogP contribution in [0.5, 0.6) is 0 Å². The summed E-state index contributed by atoms with van der Waals surface area (Å²) < 4.78 is 18.2. The van der Waals surface area contributed by atoms with Gasteiger partial charge in [0.1, 0.15) is 0 Å². The molecule has 0 aliphatic rings. The van der Waals surface area contributed by atoms with Gasteiger partial charge >= 0.3 is 14.8 Å². The minimum absolute atomic E-state index is 0.0480. The third-order valence-corrected chi connectivity index (χ3v) is 6.02. The Balaban J connectivity index is 2.49. The van der Waals surface area contributed by atoms with Crippen molar-refractivity contribution in [1.82, 2.24) is 20.1 Å². The highest BCUT2D eigenvalue weighted by Gasteiger charge is 2.39. The highest BCUT2D eigenvalue weighted by molar-refractivity contribution is 6.60. The van der Waals surface area contributed by atoms with Gasteiger partial charge in [0.2, 0.25) is 11.9 Å². The van der Waals surface area contributed by atoms with Gasteiger partial charge in [0.25, 0.3) is 0 Å². The molecule has 0 aliphatic heterocycles. The molecule has 0 saturated heterocycles. The topological polar surface area (TPSA) is 140 Å². The van der Waals surface area contributed by atoms with E-state index in [1.807, 2.05) is 20.8 Å². The molecule has 0 bridgehead atoms. The monoisotopic (exact) mass is 346 g/mol. The number of nitrogens with one attached hydrogen (secondary N) is 1. The van der Waals surface area contributed by atoms with Gasteiger partial charge in [-0.25, -0.2) is 4.79 Å². The first-order chi connectivity index (χ1) is 11.0. The Hall–Kier alpha value is -1.69. The zero-order valence-electron chi connectivity index (χ0n) is 13.9. The number of amides is 1. The molecule has 1 heterocycles. The van der Waals surface area contributed by atoms with Crippen molar-refractivity contribution in [2.24, 2.45) is 0 Å². The third kappa shape index (κ3) is 5.78. The van der Waals surface area contributed by atoms with Crippen molar-refractivity contribution in [1.29, 1.82) is 0 Å². The Kier molecular flexibility index (Phi) is 7.95.